The monoisotopic (exact) mass is 662 g/mol. The summed E-state index contributed by atoms with van der Waals surface area (Å²) in [5.74, 6) is 1.97. The third kappa shape index (κ3) is 9.16. The number of pyridine rings is 2. The number of aromatic nitrogens is 4. The van der Waals surface area contributed by atoms with Gasteiger partial charge in [0.1, 0.15) is 29.6 Å². The summed E-state index contributed by atoms with van der Waals surface area (Å²) in [6, 6.07) is 16.7. The molecule has 3 aromatic heterocycles. The Balaban J connectivity index is 1.50. The zero-order chi connectivity index (χ0) is 35.0. The van der Waals surface area contributed by atoms with E-state index >= 15 is 0 Å². The van der Waals surface area contributed by atoms with Crippen LogP contribution < -0.4 is 25.7 Å². The van der Waals surface area contributed by atoms with Gasteiger partial charge in [-0.2, -0.15) is 0 Å². The van der Waals surface area contributed by atoms with Gasteiger partial charge in [-0.05, 0) is 67.1 Å². The number of hydrogen-bond donors (Lipinski definition) is 3. The van der Waals surface area contributed by atoms with Crippen LogP contribution in [0.1, 0.15) is 76.9 Å². The summed E-state index contributed by atoms with van der Waals surface area (Å²) >= 11 is 0. The van der Waals surface area contributed by atoms with Crippen molar-refractivity contribution in [1.82, 2.24) is 19.5 Å². The molecule has 0 saturated heterocycles. The molecule has 0 unspecified atom stereocenters. The Labute approximate surface area is 287 Å². The van der Waals surface area contributed by atoms with Gasteiger partial charge >= 0.3 is 6.03 Å². The van der Waals surface area contributed by atoms with Gasteiger partial charge in [-0.25, -0.2) is 9.78 Å². The van der Waals surface area contributed by atoms with Crippen molar-refractivity contribution in [3.8, 4) is 22.6 Å². The quantitative estimate of drug-likeness (QED) is 0.117. The highest BCUT2D eigenvalue weighted by Crippen LogP contribution is 2.38. The van der Waals surface area contributed by atoms with E-state index in [0.717, 1.165) is 35.4 Å². The topological polar surface area (TPSA) is 123 Å². The molecular weight excluding hydrogens is 616 g/mol. The first-order valence-electron chi connectivity index (χ1n) is 16.8. The molecule has 5 aromatic rings. The van der Waals surface area contributed by atoms with E-state index < -0.39 is 6.03 Å². The Morgan fingerprint density at radius 1 is 1.00 bits per heavy atom. The SMILES string of the molecule is CCCCn1ccc(-c2ccc(OCc3cccnc3)cc2OC(C)C)c(NC(=O)Nc2cc(Cc3ncc[nH]3)ccc2C(C)(C)C)c1=O. The number of nitrogens with one attached hydrogen (secondary N) is 3. The second-order valence-corrected chi connectivity index (χ2v) is 13.4. The molecule has 256 valence electrons. The number of aryl methyl sites for hydroxylation is 1. The molecule has 5 rings (SSSR count). The largest absolute Gasteiger partial charge is 0.490 e. The van der Waals surface area contributed by atoms with Crippen LogP contribution in [0, 0.1) is 0 Å². The van der Waals surface area contributed by atoms with Crippen molar-refractivity contribution in [2.24, 2.45) is 0 Å². The Morgan fingerprint density at radius 2 is 1.84 bits per heavy atom. The van der Waals surface area contributed by atoms with Crippen LogP contribution in [0.15, 0.2) is 90.4 Å². The number of carbonyl (C=O) groups excluding carboxylic acids is 1. The molecule has 0 saturated carbocycles. The van der Waals surface area contributed by atoms with E-state index in [1.54, 1.807) is 35.6 Å². The van der Waals surface area contributed by atoms with E-state index in [1.165, 1.54) is 0 Å². The number of imidazole rings is 1. The third-order valence-corrected chi connectivity index (χ3v) is 7.96. The highest BCUT2D eigenvalue weighted by atomic mass is 16.5. The van der Waals surface area contributed by atoms with E-state index in [9.17, 15) is 9.59 Å². The average molecular weight is 663 g/mol. The fourth-order valence-electron chi connectivity index (χ4n) is 5.55. The van der Waals surface area contributed by atoms with Crippen LogP contribution in [0.25, 0.3) is 11.1 Å². The van der Waals surface area contributed by atoms with Crippen molar-refractivity contribution in [2.75, 3.05) is 10.6 Å². The molecule has 2 amide bonds. The van der Waals surface area contributed by atoms with Gasteiger partial charge in [-0.3, -0.25) is 9.78 Å². The normalized spacial score (nSPS) is 11.4. The van der Waals surface area contributed by atoms with Crippen molar-refractivity contribution in [3.05, 3.63) is 118 Å². The molecule has 3 heterocycles. The van der Waals surface area contributed by atoms with Crippen LogP contribution in [0.4, 0.5) is 16.2 Å². The summed E-state index contributed by atoms with van der Waals surface area (Å²) in [5.41, 5.74) is 4.38. The molecule has 0 radical (unpaired) electrons. The number of aromatic amines is 1. The molecule has 0 aliphatic rings. The number of carbonyl (C=O) groups is 1. The van der Waals surface area contributed by atoms with Crippen LogP contribution >= 0.6 is 0 Å². The molecule has 2 aromatic carbocycles. The van der Waals surface area contributed by atoms with E-state index in [4.69, 9.17) is 9.47 Å². The second kappa shape index (κ2) is 15.7. The molecule has 0 fully saturated rings. The Kier molecular flexibility index (Phi) is 11.2. The van der Waals surface area contributed by atoms with Crippen LogP contribution in [0.5, 0.6) is 11.5 Å². The molecule has 0 atom stereocenters. The van der Waals surface area contributed by atoms with Crippen LogP contribution in [0.2, 0.25) is 0 Å². The summed E-state index contributed by atoms with van der Waals surface area (Å²) < 4.78 is 14.0. The predicted molar refractivity (Wildman–Crippen MR) is 195 cm³/mol. The van der Waals surface area contributed by atoms with Crippen molar-refractivity contribution >= 4 is 17.4 Å². The lowest BCUT2D eigenvalue weighted by molar-refractivity contribution is 0.240. The van der Waals surface area contributed by atoms with Crippen molar-refractivity contribution in [3.63, 3.8) is 0 Å². The van der Waals surface area contributed by atoms with Crippen molar-refractivity contribution in [2.45, 2.75) is 85.5 Å². The summed E-state index contributed by atoms with van der Waals surface area (Å²) in [6.07, 6.45) is 10.9. The maximum atomic E-state index is 14.0. The number of H-pyrrole nitrogens is 1. The molecule has 0 aliphatic heterocycles. The number of rotatable bonds is 13. The molecular formula is C39H46N6O4. The lowest BCUT2D eigenvalue weighted by Gasteiger charge is -2.24. The first-order valence-corrected chi connectivity index (χ1v) is 16.8. The van der Waals surface area contributed by atoms with Gasteiger partial charge in [0.05, 0.1) is 6.10 Å². The molecule has 10 nitrogen and oxygen atoms in total. The average Bonchev–Trinajstić information content (AvgIpc) is 3.57. The van der Waals surface area contributed by atoms with Gasteiger partial charge in [0.2, 0.25) is 0 Å². The lowest BCUT2D eigenvalue weighted by Crippen LogP contribution is -2.29. The summed E-state index contributed by atoms with van der Waals surface area (Å²) in [7, 11) is 0. The number of unbranched alkanes of at least 4 members (excludes halogenated alkanes) is 1. The number of urea groups is 1. The number of anilines is 2. The Morgan fingerprint density at radius 3 is 2.53 bits per heavy atom. The first kappa shape index (κ1) is 34.9. The highest BCUT2D eigenvalue weighted by Gasteiger charge is 2.23. The Hall–Kier alpha value is -5.38. The van der Waals surface area contributed by atoms with E-state index in [2.05, 4.69) is 53.3 Å². The number of nitrogens with zero attached hydrogens (tertiary/aromatic N) is 3. The van der Waals surface area contributed by atoms with Crippen LogP contribution in [-0.4, -0.2) is 31.7 Å². The molecule has 49 heavy (non-hydrogen) atoms. The van der Waals surface area contributed by atoms with Crippen LogP contribution in [0.3, 0.4) is 0 Å². The minimum absolute atomic E-state index is 0.152. The van der Waals surface area contributed by atoms with Gasteiger partial charge in [-0.1, -0.05) is 52.3 Å². The van der Waals surface area contributed by atoms with Crippen molar-refractivity contribution < 1.29 is 14.3 Å². The van der Waals surface area contributed by atoms with Gasteiger partial charge in [-0.15, -0.1) is 0 Å². The summed E-state index contributed by atoms with van der Waals surface area (Å²) in [6.45, 7) is 13.1. The molecule has 0 bridgehead atoms. The highest BCUT2D eigenvalue weighted by molar-refractivity contribution is 6.03. The zero-order valence-corrected chi connectivity index (χ0v) is 29.2. The molecule has 3 N–H and O–H groups in total. The molecule has 0 aliphatic carbocycles. The fourth-order valence-corrected chi connectivity index (χ4v) is 5.55. The van der Waals surface area contributed by atoms with Crippen molar-refractivity contribution in [1.29, 1.82) is 0 Å². The number of hydrogen-bond acceptors (Lipinski definition) is 6. The molecule has 10 heteroatoms. The zero-order valence-electron chi connectivity index (χ0n) is 29.2. The molecule has 0 spiro atoms. The van der Waals surface area contributed by atoms with Gasteiger partial charge < -0.3 is 29.7 Å². The van der Waals surface area contributed by atoms with Gasteiger partial charge in [0.15, 0.2) is 0 Å². The maximum absolute atomic E-state index is 14.0. The van der Waals surface area contributed by atoms with Gasteiger partial charge in [0, 0.05) is 72.4 Å². The number of benzene rings is 2. The second-order valence-electron chi connectivity index (χ2n) is 13.4. The first-order chi connectivity index (χ1) is 23.5. The third-order valence-electron chi connectivity index (χ3n) is 7.96. The van der Waals surface area contributed by atoms with E-state index in [1.807, 2.05) is 68.4 Å². The summed E-state index contributed by atoms with van der Waals surface area (Å²) in [5, 5.41) is 5.99. The van der Waals surface area contributed by atoms with E-state index in [0.29, 0.717) is 47.9 Å². The number of amides is 2. The van der Waals surface area contributed by atoms with E-state index in [-0.39, 0.29) is 22.8 Å². The lowest BCUT2D eigenvalue weighted by atomic mass is 9.85. The van der Waals surface area contributed by atoms with Crippen LogP contribution in [-0.2, 0) is 25.0 Å². The fraction of sp³-hybridized carbons (Fsp3) is 0.333. The number of ether oxygens (including phenoxy) is 2. The summed E-state index contributed by atoms with van der Waals surface area (Å²) in [4.78, 5) is 39.5. The Bertz CT molecular complexity index is 1910. The standard InChI is InChI=1S/C39H46N6O4/c1-7-8-19-45-20-15-31(30-13-12-29(23-34(30)49-26(2)3)48-25-28-10-9-16-40-24-28)36(37(45)46)44-38(47)43-33-21-27(22-35-41-17-18-42-35)11-14-32(33)39(4,5)6/h9-18,20-21,23-24,26H,7-8,19,22,25H2,1-6H3,(H,41,42)(H2,43,44,47). The predicted octanol–water partition coefficient (Wildman–Crippen LogP) is 8.33. The minimum atomic E-state index is -0.519. The van der Waals surface area contributed by atoms with Gasteiger partial charge in [0.25, 0.3) is 5.56 Å². The maximum Gasteiger partial charge on any atom is 0.323 e. The smallest absolute Gasteiger partial charge is 0.323 e. The minimum Gasteiger partial charge on any atom is -0.490 e.